The average Bonchev–Trinajstić information content (AvgIpc) is 2.92. The molecule has 0 fully saturated rings. The van der Waals surface area contributed by atoms with E-state index in [-0.39, 0.29) is 21.1 Å². The van der Waals surface area contributed by atoms with Gasteiger partial charge in [-0.1, -0.05) is 108 Å². The molecule has 0 aromatic heterocycles. The van der Waals surface area contributed by atoms with Crippen LogP contribution in [0.1, 0.15) is 75.2 Å². The Bertz CT molecular complexity index is 801. The number of unbranched alkanes of at least 4 members (excludes halogenated alkanes) is 1. The van der Waals surface area contributed by atoms with Gasteiger partial charge in [-0.2, -0.15) is 0 Å². The predicted octanol–water partition coefficient (Wildman–Crippen LogP) is 6.87. The van der Waals surface area contributed by atoms with Crippen LogP contribution in [-0.2, 0) is 25.7 Å². The summed E-state index contributed by atoms with van der Waals surface area (Å²) in [6.07, 6.45) is 1.09. The molecular weight excluding hydrogens is 468 g/mol. The number of benzene rings is 2. The fourth-order valence-corrected chi connectivity index (χ4v) is 2.48. The normalized spacial score (nSPS) is 9.51. The van der Waals surface area contributed by atoms with Crippen molar-refractivity contribution in [3.8, 4) is 0 Å². The van der Waals surface area contributed by atoms with Crippen LogP contribution in [0.4, 0.5) is 4.79 Å². The molecule has 0 saturated heterocycles. The standard InChI is InChI=1S/C20H30N2O5.C6H6.2C2H6.H2/c1-5-6-12-22(19(25)27-20(2,3)4)14-17(23)21-13-18(24)26-15-16-10-8-7-9-11-16;1-2-4-6-5-3-1;2*1-2;/h7-11H,5-6,12-15H2,1-4H3,(H,21,23);1-6H;2*1-2H3;1H. The van der Waals surface area contributed by atoms with Crippen molar-refractivity contribution in [1.29, 1.82) is 0 Å². The molecule has 0 aliphatic carbocycles. The van der Waals surface area contributed by atoms with E-state index in [2.05, 4.69) is 5.32 Å². The maximum atomic E-state index is 12.2. The highest BCUT2D eigenvalue weighted by molar-refractivity contribution is 5.85. The van der Waals surface area contributed by atoms with Crippen molar-refractivity contribution in [2.45, 2.75) is 80.4 Å². The maximum Gasteiger partial charge on any atom is 0.410 e. The maximum absolute atomic E-state index is 12.2. The van der Waals surface area contributed by atoms with Crippen LogP contribution < -0.4 is 5.32 Å². The SMILES string of the molecule is CC.CC.CCCCN(CC(=O)NCC(=O)OCc1ccccc1)C(=O)OC(C)(C)C.[HH].c1ccccc1. The van der Waals surface area contributed by atoms with Gasteiger partial charge in [0.05, 0.1) is 0 Å². The lowest BCUT2D eigenvalue weighted by Gasteiger charge is -2.27. The van der Waals surface area contributed by atoms with E-state index in [1.54, 1.807) is 20.8 Å². The number of esters is 1. The van der Waals surface area contributed by atoms with Gasteiger partial charge in [0.1, 0.15) is 25.3 Å². The van der Waals surface area contributed by atoms with Crippen LogP contribution in [0.2, 0.25) is 0 Å². The molecule has 0 unspecified atom stereocenters. The monoisotopic (exact) mass is 518 g/mol. The number of nitrogens with one attached hydrogen (secondary N) is 1. The minimum atomic E-state index is -0.640. The number of rotatable bonds is 9. The third kappa shape index (κ3) is 21.6. The molecular formula is C30H50N2O5. The molecule has 0 heterocycles. The van der Waals surface area contributed by atoms with Crippen LogP contribution in [0.15, 0.2) is 66.7 Å². The Kier molecular flexibility index (Phi) is 22.3. The highest BCUT2D eigenvalue weighted by Gasteiger charge is 2.23. The molecule has 0 aliphatic rings. The Morgan fingerprint density at radius 3 is 1.81 bits per heavy atom. The molecule has 2 rings (SSSR count). The number of ether oxygens (including phenoxy) is 2. The van der Waals surface area contributed by atoms with Gasteiger partial charge in [0.15, 0.2) is 0 Å². The Labute approximate surface area is 226 Å². The van der Waals surface area contributed by atoms with Crippen LogP contribution >= 0.6 is 0 Å². The first-order chi connectivity index (χ1) is 17.7. The minimum Gasteiger partial charge on any atom is -0.460 e. The van der Waals surface area contributed by atoms with E-state index in [0.29, 0.717) is 6.54 Å². The van der Waals surface area contributed by atoms with Crippen molar-refractivity contribution < 1.29 is 25.3 Å². The topological polar surface area (TPSA) is 84.9 Å². The van der Waals surface area contributed by atoms with Crippen molar-refractivity contribution in [2.24, 2.45) is 0 Å². The van der Waals surface area contributed by atoms with Crippen molar-refractivity contribution >= 4 is 18.0 Å². The second-order valence-corrected chi connectivity index (χ2v) is 8.33. The molecule has 0 bridgehead atoms. The molecule has 2 aromatic rings. The van der Waals surface area contributed by atoms with Crippen molar-refractivity contribution in [1.82, 2.24) is 10.2 Å². The van der Waals surface area contributed by atoms with E-state index < -0.39 is 23.6 Å². The summed E-state index contributed by atoms with van der Waals surface area (Å²) in [4.78, 5) is 37.4. The van der Waals surface area contributed by atoms with E-state index >= 15 is 0 Å². The second kappa shape index (κ2) is 23.1. The first kappa shape index (κ1) is 35.8. The molecule has 2 amide bonds. The molecule has 2 aromatic carbocycles. The van der Waals surface area contributed by atoms with Gasteiger partial charge in [-0.05, 0) is 32.8 Å². The first-order valence-electron chi connectivity index (χ1n) is 13.2. The Hall–Kier alpha value is -3.35. The van der Waals surface area contributed by atoms with E-state index in [9.17, 15) is 14.4 Å². The summed E-state index contributed by atoms with van der Waals surface area (Å²) in [5.41, 5.74) is 0.229. The highest BCUT2D eigenvalue weighted by atomic mass is 16.6. The van der Waals surface area contributed by atoms with Crippen LogP contribution in [0.25, 0.3) is 0 Å². The van der Waals surface area contributed by atoms with Gasteiger partial charge in [0.2, 0.25) is 5.91 Å². The molecule has 1 N–H and O–H groups in total. The zero-order valence-corrected chi connectivity index (χ0v) is 24.1. The Morgan fingerprint density at radius 1 is 0.865 bits per heavy atom. The van der Waals surface area contributed by atoms with Crippen molar-refractivity contribution in [3.05, 3.63) is 72.3 Å². The third-order valence-corrected chi connectivity index (χ3v) is 4.11. The van der Waals surface area contributed by atoms with E-state index in [1.165, 1.54) is 4.90 Å². The smallest absolute Gasteiger partial charge is 0.410 e. The first-order valence-corrected chi connectivity index (χ1v) is 13.2. The van der Waals surface area contributed by atoms with Crippen LogP contribution in [0, 0.1) is 0 Å². The molecule has 0 saturated carbocycles. The summed E-state index contributed by atoms with van der Waals surface area (Å²) < 4.78 is 10.4. The number of nitrogens with zero attached hydrogens (tertiary/aromatic N) is 1. The third-order valence-electron chi connectivity index (χ3n) is 4.11. The molecule has 0 spiro atoms. The lowest BCUT2D eigenvalue weighted by atomic mass is 10.2. The number of hydrogen-bond donors (Lipinski definition) is 1. The second-order valence-electron chi connectivity index (χ2n) is 8.33. The molecule has 0 atom stereocenters. The van der Waals surface area contributed by atoms with E-state index in [0.717, 1.165) is 18.4 Å². The Balaban J connectivity index is -0.000000944. The lowest BCUT2D eigenvalue weighted by Crippen LogP contribution is -2.44. The number of carbonyl (C=O) groups is 3. The minimum absolute atomic E-state index is 0. The zero-order valence-electron chi connectivity index (χ0n) is 24.1. The molecule has 0 radical (unpaired) electrons. The average molecular weight is 519 g/mol. The molecule has 7 nitrogen and oxygen atoms in total. The summed E-state index contributed by atoms with van der Waals surface area (Å²) in [5, 5.41) is 2.48. The lowest BCUT2D eigenvalue weighted by molar-refractivity contribution is -0.145. The van der Waals surface area contributed by atoms with E-state index in [4.69, 9.17) is 9.47 Å². The number of amides is 2. The van der Waals surface area contributed by atoms with Gasteiger partial charge in [-0.3, -0.25) is 14.5 Å². The van der Waals surface area contributed by atoms with Gasteiger partial charge in [-0.15, -0.1) is 0 Å². The highest BCUT2D eigenvalue weighted by Crippen LogP contribution is 2.10. The fraction of sp³-hybridized carbons (Fsp3) is 0.500. The molecule has 0 aliphatic heterocycles. The van der Waals surface area contributed by atoms with Crippen LogP contribution in [0.3, 0.4) is 0 Å². The summed E-state index contributed by atoms with van der Waals surface area (Å²) in [6.45, 7) is 15.5. The van der Waals surface area contributed by atoms with Crippen molar-refractivity contribution in [3.63, 3.8) is 0 Å². The van der Waals surface area contributed by atoms with E-state index in [1.807, 2.05) is 101 Å². The quantitative estimate of drug-likeness (QED) is 0.366. The van der Waals surface area contributed by atoms with Crippen LogP contribution in [0.5, 0.6) is 0 Å². The van der Waals surface area contributed by atoms with Gasteiger partial charge in [-0.25, -0.2) is 4.79 Å². The van der Waals surface area contributed by atoms with Gasteiger partial charge < -0.3 is 14.8 Å². The molecule has 37 heavy (non-hydrogen) atoms. The largest absolute Gasteiger partial charge is 0.460 e. The van der Waals surface area contributed by atoms with Crippen LogP contribution in [-0.4, -0.2) is 48.1 Å². The zero-order chi connectivity index (χ0) is 28.5. The van der Waals surface area contributed by atoms with Gasteiger partial charge in [0.25, 0.3) is 0 Å². The molecule has 210 valence electrons. The predicted molar refractivity (Wildman–Crippen MR) is 153 cm³/mol. The summed E-state index contributed by atoms with van der Waals surface area (Å²) in [6, 6.07) is 21.3. The summed E-state index contributed by atoms with van der Waals surface area (Å²) >= 11 is 0. The summed E-state index contributed by atoms with van der Waals surface area (Å²) in [7, 11) is 0. The number of hydrogen-bond acceptors (Lipinski definition) is 5. The Morgan fingerprint density at radius 2 is 1.35 bits per heavy atom. The molecule has 7 heteroatoms. The van der Waals surface area contributed by atoms with Crippen molar-refractivity contribution in [2.75, 3.05) is 19.6 Å². The summed E-state index contributed by atoms with van der Waals surface area (Å²) in [5.74, 6) is -0.974. The number of carbonyl (C=O) groups excluding carboxylic acids is 3. The fourth-order valence-electron chi connectivity index (χ4n) is 2.48. The van der Waals surface area contributed by atoms with Gasteiger partial charge >= 0.3 is 12.1 Å². The van der Waals surface area contributed by atoms with Gasteiger partial charge in [0, 0.05) is 7.97 Å².